The van der Waals surface area contributed by atoms with Crippen molar-refractivity contribution < 1.29 is 28.2 Å². The summed E-state index contributed by atoms with van der Waals surface area (Å²) in [6, 6.07) is 13.1. The van der Waals surface area contributed by atoms with Crippen molar-refractivity contribution in [2.75, 3.05) is 0 Å². The molecule has 1 saturated carbocycles. The van der Waals surface area contributed by atoms with Gasteiger partial charge in [0.15, 0.2) is 0 Å². The van der Waals surface area contributed by atoms with Crippen LogP contribution in [-0.2, 0) is 14.3 Å². The molecule has 0 amide bonds. The van der Waals surface area contributed by atoms with Gasteiger partial charge >= 0.3 is 5.97 Å². The average Bonchev–Trinajstić information content (AvgIpc) is 2.72. The van der Waals surface area contributed by atoms with E-state index >= 15 is 0 Å². The summed E-state index contributed by atoms with van der Waals surface area (Å²) in [5.41, 5.74) is 1.00. The summed E-state index contributed by atoms with van der Waals surface area (Å²) in [4.78, 5) is 25.0. The molecule has 2 aliphatic rings. The summed E-state index contributed by atoms with van der Waals surface area (Å²) in [6.07, 6.45) is 1.92. The number of benzene rings is 2. The van der Waals surface area contributed by atoms with Crippen molar-refractivity contribution in [3.8, 4) is 5.75 Å². The van der Waals surface area contributed by atoms with Crippen molar-refractivity contribution in [3.63, 3.8) is 0 Å². The zero-order chi connectivity index (χ0) is 20.4. The maximum atomic E-state index is 13.8. The van der Waals surface area contributed by atoms with Crippen molar-refractivity contribution in [2.24, 2.45) is 5.92 Å². The van der Waals surface area contributed by atoms with Gasteiger partial charge in [-0.15, -0.1) is 0 Å². The topological polar surface area (TPSA) is 61.8 Å². The summed E-state index contributed by atoms with van der Waals surface area (Å²) >= 11 is 0. The molecule has 0 saturated heterocycles. The van der Waals surface area contributed by atoms with Gasteiger partial charge in [-0.05, 0) is 44.0 Å². The lowest BCUT2D eigenvalue weighted by atomic mass is 9.80. The van der Waals surface area contributed by atoms with Crippen LogP contribution in [0.5, 0.6) is 5.75 Å². The zero-order valence-corrected chi connectivity index (χ0v) is 16.0. The number of esters is 1. The van der Waals surface area contributed by atoms with Crippen LogP contribution in [0, 0.1) is 18.7 Å². The molecular formula is C23H21FO5. The van der Waals surface area contributed by atoms with Crippen LogP contribution in [-0.4, -0.2) is 24.0 Å². The summed E-state index contributed by atoms with van der Waals surface area (Å²) < 4.78 is 30.6. The normalized spacial score (nSPS) is 23.4. The number of ether oxygens (including phenoxy) is 3. The molecule has 29 heavy (non-hydrogen) atoms. The minimum absolute atomic E-state index is 0.0936. The molecule has 3 atom stereocenters. The van der Waals surface area contributed by atoms with Gasteiger partial charge in [-0.3, -0.25) is 4.79 Å². The van der Waals surface area contributed by atoms with Crippen LogP contribution in [0.3, 0.4) is 0 Å². The smallest absolute Gasteiger partial charge is 0.341 e. The van der Waals surface area contributed by atoms with Gasteiger partial charge in [-0.1, -0.05) is 29.8 Å². The third-order valence-corrected chi connectivity index (χ3v) is 5.29. The first-order chi connectivity index (χ1) is 14.0. The standard InChI is InChI=1S/C23H21FO5/c1-14-6-8-15(9-7-14)28-21-13-27-20-12-16(10-11-18(20)22(21)25)29-23(26)17-4-2-3-5-19(17)24/h2-9,13,16,18,20H,10-12H2,1H3. The van der Waals surface area contributed by atoms with Crippen LogP contribution in [0.15, 0.2) is 60.6 Å². The highest BCUT2D eigenvalue weighted by Crippen LogP contribution is 2.35. The fourth-order valence-corrected chi connectivity index (χ4v) is 3.69. The molecule has 1 aliphatic carbocycles. The fraction of sp³-hybridized carbons (Fsp3) is 0.304. The Balaban J connectivity index is 1.39. The van der Waals surface area contributed by atoms with Crippen LogP contribution in [0.2, 0.25) is 0 Å². The van der Waals surface area contributed by atoms with E-state index in [1.807, 2.05) is 19.1 Å². The van der Waals surface area contributed by atoms with E-state index < -0.39 is 17.9 Å². The minimum atomic E-state index is -0.701. The van der Waals surface area contributed by atoms with Gasteiger partial charge in [0.25, 0.3) is 0 Å². The molecule has 5 nitrogen and oxygen atoms in total. The fourth-order valence-electron chi connectivity index (χ4n) is 3.69. The molecule has 0 radical (unpaired) electrons. The number of Topliss-reactive ketones (excluding diaryl/α,β-unsaturated/α-hetero) is 1. The van der Waals surface area contributed by atoms with Crippen LogP contribution in [0.1, 0.15) is 35.2 Å². The Morgan fingerprint density at radius 3 is 2.62 bits per heavy atom. The number of carbonyl (C=O) groups is 2. The van der Waals surface area contributed by atoms with Gasteiger partial charge in [-0.25, -0.2) is 9.18 Å². The Bertz CT molecular complexity index is 950. The van der Waals surface area contributed by atoms with Crippen LogP contribution >= 0.6 is 0 Å². The van der Waals surface area contributed by atoms with E-state index in [4.69, 9.17) is 14.2 Å². The maximum Gasteiger partial charge on any atom is 0.341 e. The zero-order valence-electron chi connectivity index (χ0n) is 16.0. The molecule has 4 rings (SSSR count). The molecule has 6 heteroatoms. The second-order valence-electron chi connectivity index (χ2n) is 7.36. The van der Waals surface area contributed by atoms with E-state index in [1.54, 1.807) is 18.2 Å². The molecule has 1 heterocycles. The van der Waals surface area contributed by atoms with Gasteiger partial charge in [0.1, 0.15) is 30.0 Å². The van der Waals surface area contributed by atoms with E-state index in [9.17, 15) is 14.0 Å². The van der Waals surface area contributed by atoms with Crippen molar-refractivity contribution in [2.45, 2.75) is 38.4 Å². The summed E-state index contributed by atoms with van der Waals surface area (Å²) in [5, 5.41) is 0. The lowest BCUT2D eigenvalue weighted by molar-refractivity contribution is -0.132. The molecule has 0 N–H and O–H groups in total. The molecule has 2 aromatic carbocycles. The van der Waals surface area contributed by atoms with Gasteiger partial charge < -0.3 is 14.2 Å². The predicted molar refractivity (Wildman–Crippen MR) is 103 cm³/mol. The Hall–Kier alpha value is -3.15. The predicted octanol–water partition coefficient (Wildman–Crippen LogP) is 4.35. The number of fused-ring (bicyclic) bond motifs is 1. The Morgan fingerprint density at radius 2 is 1.86 bits per heavy atom. The SMILES string of the molecule is Cc1ccc(OC2=COC3CC(OC(=O)c4ccccc4F)CCC3C2=O)cc1. The molecule has 0 aromatic heterocycles. The Kier molecular flexibility index (Phi) is 5.34. The van der Waals surface area contributed by atoms with Crippen LogP contribution in [0.4, 0.5) is 4.39 Å². The monoisotopic (exact) mass is 396 g/mol. The molecule has 2 aromatic rings. The van der Waals surface area contributed by atoms with E-state index in [-0.39, 0.29) is 29.1 Å². The summed E-state index contributed by atoms with van der Waals surface area (Å²) in [7, 11) is 0. The number of hydrogen-bond acceptors (Lipinski definition) is 5. The maximum absolute atomic E-state index is 13.8. The second kappa shape index (κ2) is 8.07. The lowest BCUT2D eigenvalue weighted by Gasteiger charge is -2.36. The minimum Gasteiger partial charge on any atom is -0.493 e. The third-order valence-electron chi connectivity index (χ3n) is 5.29. The van der Waals surface area contributed by atoms with Gasteiger partial charge in [-0.2, -0.15) is 0 Å². The molecule has 1 aliphatic heterocycles. The largest absolute Gasteiger partial charge is 0.493 e. The van der Waals surface area contributed by atoms with Crippen LogP contribution < -0.4 is 4.74 Å². The van der Waals surface area contributed by atoms with Crippen molar-refractivity contribution in [1.82, 2.24) is 0 Å². The number of carbonyl (C=O) groups excluding carboxylic acids is 2. The van der Waals surface area contributed by atoms with E-state index in [2.05, 4.69) is 0 Å². The van der Waals surface area contributed by atoms with E-state index in [1.165, 1.54) is 24.5 Å². The highest BCUT2D eigenvalue weighted by Gasteiger charge is 2.42. The Morgan fingerprint density at radius 1 is 1.10 bits per heavy atom. The number of rotatable bonds is 4. The van der Waals surface area contributed by atoms with E-state index in [0.717, 1.165) is 5.56 Å². The van der Waals surface area contributed by atoms with Crippen LogP contribution in [0.25, 0.3) is 0 Å². The summed E-state index contributed by atoms with van der Waals surface area (Å²) in [5.74, 6) is -1.02. The van der Waals surface area contributed by atoms with Gasteiger partial charge in [0, 0.05) is 6.42 Å². The molecule has 150 valence electrons. The summed E-state index contributed by atoms with van der Waals surface area (Å²) in [6.45, 7) is 1.97. The molecule has 0 spiro atoms. The highest BCUT2D eigenvalue weighted by atomic mass is 19.1. The van der Waals surface area contributed by atoms with E-state index in [0.29, 0.717) is 25.0 Å². The van der Waals surface area contributed by atoms with Gasteiger partial charge in [0.2, 0.25) is 11.5 Å². The first-order valence-electron chi connectivity index (χ1n) is 9.61. The lowest BCUT2D eigenvalue weighted by Crippen LogP contribution is -2.43. The molecule has 3 unspecified atom stereocenters. The first-order valence-corrected chi connectivity index (χ1v) is 9.61. The first kappa shape index (κ1) is 19.2. The number of ketones is 1. The third kappa shape index (κ3) is 4.16. The van der Waals surface area contributed by atoms with Gasteiger partial charge in [0.05, 0.1) is 11.5 Å². The number of halogens is 1. The quantitative estimate of drug-likeness (QED) is 0.719. The second-order valence-corrected chi connectivity index (χ2v) is 7.36. The number of allylic oxidation sites excluding steroid dienone is 1. The van der Waals surface area contributed by atoms with Crippen molar-refractivity contribution in [3.05, 3.63) is 77.5 Å². The average molecular weight is 396 g/mol. The van der Waals surface area contributed by atoms with Crippen molar-refractivity contribution >= 4 is 11.8 Å². The Labute approximate surface area is 168 Å². The molecular weight excluding hydrogens is 375 g/mol. The highest BCUT2D eigenvalue weighted by molar-refractivity contribution is 5.96. The molecule has 1 fully saturated rings. The molecule has 0 bridgehead atoms. The number of hydrogen-bond donors (Lipinski definition) is 0. The van der Waals surface area contributed by atoms with Crippen molar-refractivity contribution in [1.29, 1.82) is 0 Å². The number of aryl methyl sites for hydroxylation is 1.